The molecule has 6 heteroatoms. The second-order valence-electron chi connectivity index (χ2n) is 5.41. The molecule has 0 aliphatic rings. The fourth-order valence-corrected chi connectivity index (χ4v) is 4.33. The van der Waals surface area contributed by atoms with E-state index in [9.17, 15) is 4.79 Å². The van der Waals surface area contributed by atoms with Crippen LogP contribution in [0.25, 0.3) is 21.5 Å². The van der Waals surface area contributed by atoms with Gasteiger partial charge in [-0.05, 0) is 44.4 Å². The summed E-state index contributed by atoms with van der Waals surface area (Å²) >= 11 is 2.99. The van der Waals surface area contributed by atoms with Gasteiger partial charge in [0.15, 0.2) is 0 Å². The van der Waals surface area contributed by atoms with E-state index in [0.717, 1.165) is 22.2 Å². The highest BCUT2D eigenvalue weighted by Crippen LogP contribution is 2.37. The smallest absolute Gasteiger partial charge is 0.306 e. The molecule has 0 atom stereocenters. The molecule has 3 rings (SSSR count). The zero-order valence-corrected chi connectivity index (χ0v) is 15.0. The van der Waals surface area contributed by atoms with E-state index in [0.29, 0.717) is 19.4 Å². The van der Waals surface area contributed by atoms with Gasteiger partial charge in [0.1, 0.15) is 11.0 Å². The van der Waals surface area contributed by atoms with Gasteiger partial charge < -0.3 is 4.74 Å². The summed E-state index contributed by atoms with van der Waals surface area (Å²) in [5.41, 5.74) is 5.35. The van der Waals surface area contributed by atoms with Crippen molar-refractivity contribution in [3.63, 3.8) is 0 Å². The number of thiophene rings is 1. The minimum Gasteiger partial charge on any atom is -0.466 e. The van der Waals surface area contributed by atoms with Gasteiger partial charge >= 0.3 is 5.97 Å². The average Bonchev–Trinajstić information content (AvgIpc) is 3.13. The van der Waals surface area contributed by atoms with E-state index in [1.54, 1.807) is 11.3 Å². The van der Waals surface area contributed by atoms with Crippen LogP contribution in [0.1, 0.15) is 29.3 Å². The fourth-order valence-electron chi connectivity index (χ4n) is 2.62. The summed E-state index contributed by atoms with van der Waals surface area (Å²) < 4.78 is 13.9. The van der Waals surface area contributed by atoms with E-state index in [1.165, 1.54) is 27.0 Å². The number of carbonyl (C=O) groups is 1. The van der Waals surface area contributed by atoms with Crippen molar-refractivity contribution in [2.75, 3.05) is 6.61 Å². The van der Waals surface area contributed by atoms with Crippen molar-refractivity contribution in [1.82, 2.24) is 8.75 Å². The molecule has 0 unspecified atom stereocenters. The van der Waals surface area contributed by atoms with Gasteiger partial charge in [-0.3, -0.25) is 4.79 Å². The first-order valence-electron chi connectivity index (χ1n) is 7.57. The number of carbonyl (C=O) groups excluding carboxylic acids is 1. The van der Waals surface area contributed by atoms with Crippen molar-refractivity contribution >= 4 is 40.1 Å². The average molecular weight is 346 g/mol. The summed E-state index contributed by atoms with van der Waals surface area (Å²) in [6.45, 7) is 6.40. The first kappa shape index (κ1) is 16.1. The monoisotopic (exact) mass is 346 g/mol. The van der Waals surface area contributed by atoms with Crippen LogP contribution in [0.3, 0.4) is 0 Å². The summed E-state index contributed by atoms with van der Waals surface area (Å²) in [5.74, 6) is -0.147. The number of aryl methyl sites for hydroxylation is 3. The van der Waals surface area contributed by atoms with Crippen LogP contribution in [0, 0.1) is 13.8 Å². The number of benzene rings is 1. The molecule has 0 saturated heterocycles. The van der Waals surface area contributed by atoms with Gasteiger partial charge in [0.05, 0.1) is 18.3 Å². The summed E-state index contributed by atoms with van der Waals surface area (Å²) in [5, 5.41) is 0. The maximum absolute atomic E-state index is 11.6. The number of esters is 1. The van der Waals surface area contributed by atoms with Crippen LogP contribution in [0.15, 0.2) is 18.2 Å². The van der Waals surface area contributed by atoms with Crippen LogP contribution in [0.2, 0.25) is 0 Å². The lowest BCUT2D eigenvalue weighted by molar-refractivity contribution is -0.143. The van der Waals surface area contributed by atoms with Crippen LogP contribution in [0.4, 0.5) is 0 Å². The third-order valence-corrected chi connectivity index (χ3v) is 5.35. The molecule has 23 heavy (non-hydrogen) atoms. The molecule has 0 saturated carbocycles. The minimum atomic E-state index is -0.147. The van der Waals surface area contributed by atoms with Gasteiger partial charge in [0.2, 0.25) is 0 Å². The predicted molar refractivity (Wildman–Crippen MR) is 95.2 cm³/mol. The largest absolute Gasteiger partial charge is 0.466 e. The van der Waals surface area contributed by atoms with E-state index >= 15 is 0 Å². The lowest BCUT2D eigenvalue weighted by atomic mass is 10.0. The van der Waals surface area contributed by atoms with Gasteiger partial charge in [-0.25, -0.2) is 0 Å². The summed E-state index contributed by atoms with van der Waals surface area (Å²) in [4.78, 5) is 14.1. The van der Waals surface area contributed by atoms with Crippen LogP contribution >= 0.6 is 23.1 Å². The van der Waals surface area contributed by atoms with Gasteiger partial charge in [-0.1, -0.05) is 12.1 Å². The third-order valence-electron chi connectivity index (χ3n) is 3.70. The summed E-state index contributed by atoms with van der Waals surface area (Å²) in [7, 11) is 0. The molecule has 2 aromatic heterocycles. The zero-order valence-electron chi connectivity index (χ0n) is 13.4. The standard InChI is InChI=1S/C17H18N2O2S2/c1-4-21-14(20)8-6-12-9-11(3)22-17(12)13-7-5-10(2)15-16(13)19-23-18-15/h5,7,9H,4,6,8H2,1-3H3. The SMILES string of the molecule is CCOC(=O)CCc1cc(C)sc1-c1ccc(C)c2nsnc12. The van der Waals surface area contributed by atoms with Gasteiger partial charge in [0.25, 0.3) is 0 Å². The van der Waals surface area contributed by atoms with Crippen molar-refractivity contribution < 1.29 is 9.53 Å². The van der Waals surface area contributed by atoms with Gasteiger partial charge in [0, 0.05) is 21.7 Å². The quantitative estimate of drug-likeness (QED) is 0.637. The van der Waals surface area contributed by atoms with E-state index in [4.69, 9.17) is 4.74 Å². The Morgan fingerprint density at radius 1 is 1.22 bits per heavy atom. The second kappa shape index (κ2) is 6.76. The molecule has 0 amide bonds. The first-order valence-corrected chi connectivity index (χ1v) is 9.12. The molecule has 0 aliphatic heterocycles. The molecule has 120 valence electrons. The Balaban J connectivity index is 1.97. The molecule has 0 radical (unpaired) electrons. The minimum absolute atomic E-state index is 0.147. The second-order valence-corrected chi connectivity index (χ2v) is 7.19. The van der Waals surface area contributed by atoms with E-state index in [2.05, 4.69) is 40.8 Å². The van der Waals surface area contributed by atoms with Crippen LogP contribution in [-0.2, 0) is 16.0 Å². The Labute approximate surface area is 143 Å². The van der Waals surface area contributed by atoms with E-state index in [-0.39, 0.29) is 5.97 Å². The van der Waals surface area contributed by atoms with Crippen molar-refractivity contribution in [1.29, 1.82) is 0 Å². The molecular formula is C17H18N2O2S2. The fraction of sp³-hybridized carbons (Fsp3) is 0.353. The number of hydrogen-bond acceptors (Lipinski definition) is 6. The lowest BCUT2D eigenvalue weighted by Gasteiger charge is -2.06. The Morgan fingerprint density at radius 2 is 2.00 bits per heavy atom. The van der Waals surface area contributed by atoms with Crippen LogP contribution in [0.5, 0.6) is 0 Å². The highest BCUT2D eigenvalue weighted by molar-refractivity contribution is 7.15. The van der Waals surface area contributed by atoms with Crippen molar-refractivity contribution in [2.24, 2.45) is 0 Å². The molecule has 3 aromatic rings. The lowest BCUT2D eigenvalue weighted by Crippen LogP contribution is -2.05. The molecule has 0 spiro atoms. The van der Waals surface area contributed by atoms with E-state index < -0.39 is 0 Å². The van der Waals surface area contributed by atoms with Crippen LogP contribution in [-0.4, -0.2) is 21.3 Å². The Morgan fingerprint density at radius 3 is 2.78 bits per heavy atom. The first-order chi connectivity index (χ1) is 11.1. The number of ether oxygens (including phenoxy) is 1. The zero-order chi connectivity index (χ0) is 16.4. The number of aromatic nitrogens is 2. The highest BCUT2D eigenvalue weighted by Gasteiger charge is 2.16. The van der Waals surface area contributed by atoms with Gasteiger partial charge in [-0.15, -0.1) is 11.3 Å². The Kier molecular flexibility index (Phi) is 4.73. The summed E-state index contributed by atoms with van der Waals surface area (Å²) in [6.07, 6.45) is 1.09. The Hall–Kier alpha value is -1.79. The number of rotatable bonds is 5. The normalized spacial score (nSPS) is 11.1. The maximum Gasteiger partial charge on any atom is 0.306 e. The molecule has 4 nitrogen and oxygen atoms in total. The van der Waals surface area contributed by atoms with E-state index in [1.807, 2.05) is 6.92 Å². The third kappa shape index (κ3) is 3.28. The summed E-state index contributed by atoms with van der Waals surface area (Å²) in [6, 6.07) is 6.35. The molecular weight excluding hydrogens is 328 g/mol. The molecule has 2 heterocycles. The molecule has 0 aliphatic carbocycles. The molecule has 0 fully saturated rings. The van der Waals surface area contributed by atoms with Gasteiger partial charge in [-0.2, -0.15) is 8.75 Å². The number of nitrogens with zero attached hydrogens (tertiary/aromatic N) is 2. The Bertz CT molecular complexity index is 852. The van der Waals surface area contributed by atoms with Crippen LogP contribution < -0.4 is 0 Å². The van der Waals surface area contributed by atoms with Crippen molar-refractivity contribution in [3.05, 3.63) is 34.2 Å². The topological polar surface area (TPSA) is 52.1 Å². The van der Waals surface area contributed by atoms with Crippen molar-refractivity contribution in [3.8, 4) is 10.4 Å². The predicted octanol–water partition coefficient (Wildman–Crippen LogP) is 4.53. The number of fused-ring (bicyclic) bond motifs is 1. The molecule has 0 bridgehead atoms. The van der Waals surface area contributed by atoms with Crippen molar-refractivity contribution in [2.45, 2.75) is 33.6 Å². The highest BCUT2D eigenvalue weighted by atomic mass is 32.1. The maximum atomic E-state index is 11.6. The number of hydrogen-bond donors (Lipinski definition) is 0. The molecule has 0 N–H and O–H groups in total. The molecule has 1 aromatic carbocycles.